The number of aromatic nitrogens is 3. The molecule has 263 valence electrons. The number of pyridine rings is 3. The van der Waals surface area contributed by atoms with Crippen molar-refractivity contribution in [3.05, 3.63) is 123 Å². The number of benzene rings is 3. The average Bonchev–Trinajstić information content (AvgIpc) is 3.10. The Kier molecular flexibility index (Phi) is 26.1. The van der Waals surface area contributed by atoms with Gasteiger partial charge in [0.1, 0.15) is 15.5 Å². The number of rotatable bonds is 4. The average molecular weight is 989 g/mol. The maximum atomic E-state index is 5.87. The third kappa shape index (κ3) is 20.3. The summed E-state index contributed by atoms with van der Waals surface area (Å²) in [5, 5.41) is 6.74. The Morgan fingerprint density at radius 2 is 0.889 bits per heavy atom. The number of alkyl halides is 6. The van der Waals surface area contributed by atoms with Gasteiger partial charge >= 0.3 is 24.8 Å². The van der Waals surface area contributed by atoms with Crippen molar-refractivity contribution in [1.82, 2.24) is 15.0 Å². The number of nitrogens with zero attached hydrogens (tertiary/aromatic N) is 4. The maximum absolute atomic E-state index is 5.87. The molecule has 0 saturated carbocycles. The first kappa shape index (κ1) is 51.6. The minimum absolute atomic E-state index is 0.519. The molecular weight excluding hydrogens is 966 g/mol. The molecule has 0 aliphatic heterocycles. The van der Waals surface area contributed by atoms with Gasteiger partial charge in [-0.25, -0.2) is 15.0 Å². The van der Waals surface area contributed by atoms with Crippen LogP contribution >= 0.6 is 126 Å². The molecule has 0 saturated heterocycles. The third-order valence-corrected chi connectivity index (χ3v) is 8.40. The number of para-hydroxylation sites is 3. The summed E-state index contributed by atoms with van der Waals surface area (Å²) in [6.45, 7) is 2.04. The Hall–Kier alpha value is -0.386. The largest absolute Gasteiger partial charge is 0 e. The quantitative estimate of drug-likeness (QED) is 0.0829. The smallest absolute Gasteiger partial charge is 0 e. The zero-order chi connectivity index (χ0) is 41.0. The summed E-state index contributed by atoms with van der Waals surface area (Å²) in [5.41, 5.74) is 6.38. The van der Waals surface area contributed by atoms with E-state index in [4.69, 9.17) is 120 Å². The molecule has 0 amide bonds. The van der Waals surface area contributed by atoms with Crippen molar-refractivity contribution in [2.75, 3.05) is 0 Å². The van der Waals surface area contributed by atoms with Crippen LogP contribution in [0.15, 0.2) is 95.3 Å². The molecule has 6 aromatic rings. The van der Waals surface area contributed by atoms with Gasteiger partial charge in [0, 0.05) is 84.7 Å². The van der Waals surface area contributed by atoms with Crippen molar-refractivity contribution in [3.8, 4) is 0 Å². The Morgan fingerprint density at radius 3 is 1.19 bits per heavy atom. The molecule has 0 atom stereocenters. The summed E-state index contributed by atoms with van der Waals surface area (Å²) < 4.78 is 1.08. The molecule has 3 aromatic carbocycles. The van der Waals surface area contributed by atoms with Crippen LogP contribution in [0.25, 0.3) is 32.7 Å². The molecule has 11 radical (unpaired) electrons. The molecule has 23 heteroatoms. The topological polar surface area (TPSA) is 51.0 Å². The van der Waals surface area contributed by atoms with Gasteiger partial charge < -0.3 is 0 Å². The Labute approximate surface area is 383 Å². The van der Waals surface area contributed by atoms with E-state index in [9.17, 15) is 0 Å². The second-order valence-electron chi connectivity index (χ2n) is 10.6. The fourth-order valence-electron chi connectivity index (χ4n) is 4.21. The minimum atomic E-state index is -1.61. The first-order valence-corrected chi connectivity index (χ1v) is 20.5. The SMILES string of the molecule is Cc1cc(Cl)nc2ccccc12.ClC(Cl)(Cl)Cl.Clc1cc(CBr)c2ccccc2n1.Clc1cc(CBr)c2ccccc2n1.[B]=NS.[B]B([B])B([B])B([B])[B]. The van der Waals surface area contributed by atoms with Gasteiger partial charge in [-0.05, 0) is 60.0 Å². The first-order chi connectivity index (χ1) is 25.4. The van der Waals surface area contributed by atoms with Crippen LogP contribution in [0.4, 0.5) is 0 Å². The second-order valence-corrected chi connectivity index (χ2v) is 16.5. The van der Waals surface area contributed by atoms with Crippen LogP contribution in [-0.2, 0) is 10.7 Å². The Balaban J connectivity index is 0.000000342. The number of hydrogen-bond acceptors (Lipinski definition) is 5. The molecule has 3 heterocycles. The molecule has 0 fully saturated rings. The maximum Gasteiger partial charge on any atom is 0 e. The van der Waals surface area contributed by atoms with Crippen LogP contribution < -0.4 is 0 Å². The van der Waals surface area contributed by atoms with Crippen LogP contribution in [0.5, 0.6) is 0 Å². The van der Waals surface area contributed by atoms with Crippen LogP contribution in [0.2, 0.25) is 15.5 Å². The van der Waals surface area contributed by atoms with Gasteiger partial charge in [0.2, 0.25) is 0 Å². The molecule has 0 N–H and O–H groups in total. The van der Waals surface area contributed by atoms with Gasteiger partial charge in [-0.3, -0.25) is 0 Å². The molecule has 0 aliphatic carbocycles. The van der Waals surface area contributed by atoms with Crippen molar-refractivity contribution in [2.24, 2.45) is 4.30 Å². The van der Waals surface area contributed by atoms with Gasteiger partial charge in [-0.15, -0.1) is 0 Å². The molecule has 4 nitrogen and oxygen atoms in total. The van der Waals surface area contributed by atoms with Crippen molar-refractivity contribution >= 4 is 224 Å². The van der Waals surface area contributed by atoms with E-state index in [-0.39, 0.29) is 0 Å². The zero-order valence-corrected chi connectivity index (χ0v) is 37.8. The predicted molar refractivity (Wildman–Crippen MR) is 260 cm³/mol. The van der Waals surface area contributed by atoms with E-state index in [2.05, 4.69) is 83.7 Å². The molecule has 0 aliphatic rings. The molecule has 0 bridgehead atoms. The summed E-state index contributed by atoms with van der Waals surface area (Å²) in [6, 6.07) is 29.6. The standard InChI is InChI=1S/2C10H7BrClN.C10H8ClN.CCl4.B8.BHNS/c2*11-6-7-5-10(12)13-9-4-2-1-3-8(7)9;1-7-6-10(11)12-9-5-3-2-4-8(7)9;2-1(3,4)5;1-6(2)8(5)7(3)4;1-2-3/h2*1-5H,6H2;2-6H,1H3;;;3H. The van der Waals surface area contributed by atoms with E-state index >= 15 is 0 Å². The number of halogens is 9. The van der Waals surface area contributed by atoms with Gasteiger partial charge in [-0.1, -0.05) is 168 Å². The molecule has 6 rings (SSSR count). The predicted octanol–water partition coefficient (Wildman–Crippen LogP) is 10.5. The summed E-state index contributed by atoms with van der Waals surface area (Å²) in [4.78, 5) is 12.7. The van der Waals surface area contributed by atoms with E-state index in [0.717, 1.165) is 38.0 Å². The summed E-state index contributed by atoms with van der Waals surface area (Å²) in [5.74, 6) is 0. The fourth-order valence-corrected chi connectivity index (χ4v) is 5.84. The van der Waals surface area contributed by atoms with Crippen molar-refractivity contribution in [2.45, 2.75) is 20.8 Å². The Morgan fingerprint density at radius 1 is 0.611 bits per heavy atom. The summed E-state index contributed by atoms with van der Waals surface area (Å²) in [6.07, 6.45) is -1.78. The van der Waals surface area contributed by atoms with Gasteiger partial charge in [0.15, 0.2) is 0 Å². The van der Waals surface area contributed by atoms with Gasteiger partial charge in [-0.2, -0.15) is 0 Å². The van der Waals surface area contributed by atoms with Crippen molar-refractivity contribution < 1.29 is 0 Å². The normalized spacial score (nSPS) is 9.96. The van der Waals surface area contributed by atoms with Crippen LogP contribution in [-0.4, -0.2) is 83.7 Å². The van der Waals surface area contributed by atoms with E-state index in [1.54, 1.807) is 0 Å². The fraction of sp³-hybridized carbons (Fsp3) is 0.129. The number of aryl methyl sites for hydroxylation is 1. The van der Waals surface area contributed by atoms with E-state index in [1.165, 1.54) is 22.1 Å². The van der Waals surface area contributed by atoms with Gasteiger partial charge in [0.05, 0.1) is 16.6 Å². The zero-order valence-electron chi connectivity index (χ0n) is 28.4. The summed E-state index contributed by atoms with van der Waals surface area (Å²) >= 11 is 46.9. The molecule has 0 unspecified atom stereocenters. The number of fused-ring (bicyclic) bond motifs is 3. The first-order valence-electron chi connectivity index (χ1n) is 15.2. The third-order valence-electron chi connectivity index (χ3n) is 6.61. The number of hydrogen-bond donors (Lipinski definition) is 1. The van der Waals surface area contributed by atoms with E-state index in [1.807, 2.05) is 85.8 Å². The van der Waals surface area contributed by atoms with E-state index < -0.39 is 22.4 Å². The van der Waals surface area contributed by atoms with Gasteiger partial charge in [0.25, 0.3) is 3.25 Å². The van der Waals surface area contributed by atoms with Crippen LogP contribution in [0, 0.1) is 6.92 Å². The van der Waals surface area contributed by atoms with Crippen molar-refractivity contribution in [1.29, 1.82) is 0 Å². The van der Waals surface area contributed by atoms with E-state index in [0.29, 0.717) is 15.5 Å². The van der Waals surface area contributed by atoms with Crippen LogP contribution in [0.3, 0.4) is 0 Å². The van der Waals surface area contributed by atoms with Crippen molar-refractivity contribution in [3.63, 3.8) is 0 Å². The molecular formula is C31H23B9Br2Cl7N4S. The monoisotopic (exact) mass is 985 g/mol. The minimum Gasteiger partial charge on any atom is 0 e. The molecule has 3 aromatic heterocycles. The molecule has 54 heavy (non-hydrogen) atoms. The Bertz CT molecular complexity index is 1960. The second kappa shape index (κ2) is 27.3. The molecule has 0 spiro atoms. The summed E-state index contributed by atoms with van der Waals surface area (Å²) in [7, 11) is 30.1. The number of thiol groups is 1. The van der Waals surface area contributed by atoms with Crippen LogP contribution in [0.1, 0.15) is 16.7 Å².